The lowest BCUT2D eigenvalue weighted by molar-refractivity contribution is -0.146. The van der Waals surface area contributed by atoms with Gasteiger partial charge in [-0.05, 0) is 25.0 Å². The van der Waals surface area contributed by atoms with E-state index in [-0.39, 0.29) is 43.2 Å². The van der Waals surface area contributed by atoms with Crippen LogP contribution in [-0.4, -0.2) is 34.2 Å². The summed E-state index contributed by atoms with van der Waals surface area (Å²) in [6, 6.07) is 11.5. The van der Waals surface area contributed by atoms with Crippen LogP contribution in [-0.2, 0) is 25.7 Å². The summed E-state index contributed by atoms with van der Waals surface area (Å²) >= 11 is 0. The van der Waals surface area contributed by atoms with Crippen molar-refractivity contribution in [3.63, 3.8) is 0 Å². The molecule has 6 heteroatoms. The zero-order valence-electron chi connectivity index (χ0n) is 14.8. The zero-order chi connectivity index (χ0) is 18.8. The van der Waals surface area contributed by atoms with E-state index in [0.717, 1.165) is 10.9 Å². The largest absolute Gasteiger partial charge is 0.459 e. The number of fused-ring (bicyclic) bond motifs is 2. The first-order chi connectivity index (χ1) is 13.1. The van der Waals surface area contributed by atoms with E-state index in [2.05, 4.69) is 4.98 Å². The Bertz CT molecular complexity index is 911. The summed E-state index contributed by atoms with van der Waals surface area (Å²) in [6.07, 6.45) is 5.09. The van der Waals surface area contributed by atoms with Crippen molar-refractivity contribution in [2.45, 2.75) is 25.9 Å². The molecule has 1 aromatic carbocycles. The van der Waals surface area contributed by atoms with Gasteiger partial charge in [-0.15, -0.1) is 0 Å². The Morgan fingerprint density at radius 1 is 1.04 bits per heavy atom. The summed E-state index contributed by atoms with van der Waals surface area (Å²) in [5.41, 5.74) is 1.50. The number of imide groups is 1. The summed E-state index contributed by atoms with van der Waals surface area (Å²) in [7, 11) is 0. The third-order valence-electron chi connectivity index (χ3n) is 5.18. The lowest BCUT2D eigenvalue weighted by Gasteiger charge is -2.14. The number of pyridine rings is 1. The second-order valence-corrected chi connectivity index (χ2v) is 6.89. The number of aromatic nitrogens is 1. The smallest absolute Gasteiger partial charge is 0.307 e. The fraction of sp³-hybridized carbons (Fsp3) is 0.333. The molecule has 6 nitrogen and oxygen atoms in total. The van der Waals surface area contributed by atoms with Crippen LogP contribution in [0, 0.1) is 11.8 Å². The molecule has 138 valence electrons. The first kappa shape index (κ1) is 17.4. The summed E-state index contributed by atoms with van der Waals surface area (Å²) in [6.45, 7) is 0.148. The molecule has 2 aromatic rings. The zero-order valence-corrected chi connectivity index (χ0v) is 14.8. The molecule has 0 bridgehead atoms. The van der Waals surface area contributed by atoms with E-state index in [9.17, 15) is 14.4 Å². The van der Waals surface area contributed by atoms with Gasteiger partial charge < -0.3 is 4.74 Å². The number of ether oxygens (including phenoxy) is 1. The molecule has 2 amide bonds. The lowest BCUT2D eigenvalue weighted by Crippen LogP contribution is -2.33. The second kappa shape index (κ2) is 7.31. The van der Waals surface area contributed by atoms with Crippen molar-refractivity contribution in [1.29, 1.82) is 0 Å². The molecule has 1 aliphatic heterocycles. The Hall–Kier alpha value is -3.02. The second-order valence-electron chi connectivity index (χ2n) is 6.89. The number of carbonyl (C=O) groups excluding carboxylic acids is 3. The highest BCUT2D eigenvalue weighted by Gasteiger charge is 2.46. The molecule has 2 aliphatic rings. The van der Waals surface area contributed by atoms with Gasteiger partial charge in [-0.25, -0.2) is 4.98 Å². The van der Waals surface area contributed by atoms with Gasteiger partial charge >= 0.3 is 5.97 Å². The molecule has 1 saturated heterocycles. The topological polar surface area (TPSA) is 76.6 Å². The van der Waals surface area contributed by atoms with Gasteiger partial charge in [-0.1, -0.05) is 36.4 Å². The third-order valence-corrected chi connectivity index (χ3v) is 5.18. The molecule has 1 fully saturated rings. The fourth-order valence-corrected chi connectivity index (χ4v) is 3.71. The number of benzene rings is 1. The standard InChI is InChI=1S/C21H20N2O4/c24-19(27-13-15-10-9-14-5-1-4-8-18(14)22-15)11-12-23-20(25)16-6-2-3-7-17(16)21(23)26/h1-5,8-10,16-17H,6-7,11-13H2/t16-,17-/m0/s1. The van der Waals surface area contributed by atoms with Gasteiger partial charge in [0.1, 0.15) is 6.61 Å². The number of allylic oxidation sites excluding steroid dienone is 2. The van der Waals surface area contributed by atoms with Crippen LogP contribution in [0.5, 0.6) is 0 Å². The molecule has 1 aromatic heterocycles. The minimum atomic E-state index is -0.446. The average Bonchev–Trinajstić information content (AvgIpc) is 2.95. The minimum absolute atomic E-state index is 0.00205. The van der Waals surface area contributed by atoms with E-state index >= 15 is 0 Å². The Morgan fingerprint density at radius 3 is 2.48 bits per heavy atom. The van der Waals surface area contributed by atoms with Gasteiger partial charge in [0, 0.05) is 11.9 Å². The summed E-state index contributed by atoms with van der Waals surface area (Å²) in [4.78, 5) is 42.5. The first-order valence-electron chi connectivity index (χ1n) is 9.14. The molecular formula is C21H20N2O4. The Balaban J connectivity index is 1.30. The quantitative estimate of drug-likeness (QED) is 0.463. The minimum Gasteiger partial charge on any atom is -0.459 e. The summed E-state index contributed by atoms with van der Waals surface area (Å²) in [5.74, 6) is -1.31. The monoisotopic (exact) mass is 364 g/mol. The normalized spacial score (nSPS) is 21.6. The highest BCUT2D eigenvalue weighted by Crippen LogP contribution is 2.35. The molecule has 27 heavy (non-hydrogen) atoms. The van der Waals surface area contributed by atoms with Gasteiger partial charge in [-0.3, -0.25) is 19.3 Å². The van der Waals surface area contributed by atoms with E-state index in [1.165, 1.54) is 4.90 Å². The maximum atomic E-state index is 12.4. The molecule has 1 aliphatic carbocycles. The predicted octanol–water partition coefficient (Wildman–Crippen LogP) is 2.62. The molecule has 0 radical (unpaired) electrons. The fourth-order valence-electron chi connectivity index (χ4n) is 3.71. The van der Waals surface area contributed by atoms with Crippen LogP contribution in [0.25, 0.3) is 10.9 Å². The van der Waals surface area contributed by atoms with Crippen molar-refractivity contribution in [2.75, 3.05) is 6.54 Å². The molecule has 2 atom stereocenters. The van der Waals surface area contributed by atoms with Crippen LogP contribution >= 0.6 is 0 Å². The van der Waals surface area contributed by atoms with E-state index in [4.69, 9.17) is 4.74 Å². The molecule has 0 N–H and O–H groups in total. The van der Waals surface area contributed by atoms with Crippen molar-refractivity contribution in [1.82, 2.24) is 9.88 Å². The highest BCUT2D eigenvalue weighted by molar-refractivity contribution is 6.05. The SMILES string of the molecule is O=C(CCN1C(=O)[C@H]2CC=CC[C@@H]2C1=O)OCc1ccc2ccccc2n1. The van der Waals surface area contributed by atoms with Crippen molar-refractivity contribution in [3.05, 3.63) is 54.2 Å². The number of likely N-dealkylation sites (tertiary alicyclic amines) is 1. The van der Waals surface area contributed by atoms with Crippen LogP contribution in [0.1, 0.15) is 25.0 Å². The van der Waals surface area contributed by atoms with Crippen molar-refractivity contribution >= 4 is 28.7 Å². The maximum absolute atomic E-state index is 12.4. The number of amides is 2. The Labute approximate surface area is 156 Å². The van der Waals surface area contributed by atoms with Gasteiger partial charge in [0.15, 0.2) is 0 Å². The number of hydrogen-bond donors (Lipinski definition) is 0. The van der Waals surface area contributed by atoms with Gasteiger partial charge in [0.05, 0.1) is 29.5 Å². The van der Waals surface area contributed by atoms with Crippen LogP contribution in [0.2, 0.25) is 0 Å². The number of rotatable bonds is 5. The summed E-state index contributed by atoms with van der Waals surface area (Å²) in [5, 5.41) is 1.02. The molecule has 0 unspecified atom stereocenters. The maximum Gasteiger partial charge on any atom is 0.307 e. The van der Waals surface area contributed by atoms with Gasteiger partial charge in [0.25, 0.3) is 0 Å². The van der Waals surface area contributed by atoms with Crippen molar-refractivity contribution in [2.24, 2.45) is 11.8 Å². The van der Waals surface area contributed by atoms with Crippen LogP contribution in [0.15, 0.2) is 48.6 Å². The summed E-state index contributed by atoms with van der Waals surface area (Å²) < 4.78 is 5.26. The number of nitrogens with zero attached hydrogens (tertiary/aromatic N) is 2. The number of para-hydroxylation sites is 1. The van der Waals surface area contributed by atoms with Crippen molar-refractivity contribution in [3.8, 4) is 0 Å². The number of carbonyl (C=O) groups is 3. The van der Waals surface area contributed by atoms with E-state index in [1.807, 2.05) is 48.6 Å². The molecule has 0 saturated carbocycles. The lowest BCUT2D eigenvalue weighted by atomic mass is 9.85. The van der Waals surface area contributed by atoms with Crippen LogP contribution in [0.3, 0.4) is 0 Å². The van der Waals surface area contributed by atoms with Crippen molar-refractivity contribution < 1.29 is 19.1 Å². The first-order valence-corrected chi connectivity index (χ1v) is 9.14. The molecular weight excluding hydrogens is 344 g/mol. The Kier molecular flexibility index (Phi) is 4.71. The van der Waals surface area contributed by atoms with Crippen LogP contribution < -0.4 is 0 Å². The van der Waals surface area contributed by atoms with E-state index in [1.54, 1.807) is 0 Å². The average molecular weight is 364 g/mol. The third kappa shape index (κ3) is 3.47. The van der Waals surface area contributed by atoms with E-state index in [0.29, 0.717) is 18.5 Å². The highest BCUT2D eigenvalue weighted by atomic mass is 16.5. The predicted molar refractivity (Wildman–Crippen MR) is 98.2 cm³/mol. The molecule has 0 spiro atoms. The van der Waals surface area contributed by atoms with E-state index < -0.39 is 5.97 Å². The van der Waals surface area contributed by atoms with Crippen LogP contribution in [0.4, 0.5) is 0 Å². The number of esters is 1. The van der Waals surface area contributed by atoms with Gasteiger partial charge in [0.2, 0.25) is 11.8 Å². The van der Waals surface area contributed by atoms with Gasteiger partial charge in [-0.2, -0.15) is 0 Å². The molecule has 2 heterocycles. The number of hydrogen-bond acceptors (Lipinski definition) is 5. The molecule has 4 rings (SSSR count). The Morgan fingerprint density at radius 2 is 1.74 bits per heavy atom.